The van der Waals surface area contributed by atoms with Crippen LogP contribution in [0.5, 0.6) is 0 Å². The summed E-state index contributed by atoms with van der Waals surface area (Å²) in [7, 11) is 2.00. The van der Waals surface area contributed by atoms with Gasteiger partial charge in [0, 0.05) is 20.1 Å². The molecule has 30 heavy (non-hydrogen) atoms. The Balaban J connectivity index is 1.80. The Morgan fingerprint density at radius 2 is 1.83 bits per heavy atom. The van der Waals surface area contributed by atoms with E-state index < -0.39 is 0 Å². The third kappa shape index (κ3) is 5.60. The van der Waals surface area contributed by atoms with Gasteiger partial charge in [-0.15, -0.1) is 11.8 Å². The quantitative estimate of drug-likeness (QED) is 0.506. The number of carbonyl (C=O) groups is 1. The summed E-state index contributed by atoms with van der Waals surface area (Å²) >= 11 is 1.55. The summed E-state index contributed by atoms with van der Waals surface area (Å²) < 4.78 is 13.4. The van der Waals surface area contributed by atoms with E-state index in [2.05, 4.69) is 22.3 Å². The molecule has 0 spiro atoms. The zero-order valence-electron chi connectivity index (χ0n) is 17.5. The number of halogens is 1. The number of hydrogen-bond donors (Lipinski definition) is 1. The van der Waals surface area contributed by atoms with E-state index >= 15 is 0 Å². The molecule has 0 saturated heterocycles. The number of nitrogens with one attached hydrogen (secondary N) is 1. The van der Waals surface area contributed by atoms with Crippen molar-refractivity contribution < 1.29 is 9.18 Å². The van der Waals surface area contributed by atoms with Crippen molar-refractivity contribution in [3.8, 4) is 0 Å². The van der Waals surface area contributed by atoms with Crippen molar-refractivity contribution in [3.63, 3.8) is 0 Å². The van der Waals surface area contributed by atoms with Crippen LogP contribution in [0.1, 0.15) is 34.0 Å². The van der Waals surface area contributed by atoms with Gasteiger partial charge in [-0.3, -0.25) is 4.79 Å². The first-order valence-corrected chi connectivity index (χ1v) is 10.9. The molecule has 0 fully saturated rings. The zero-order chi connectivity index (χ0) is 21.5. The standard InChI is InChI=1S/C24H26FN3OS/c1-4-30-24-22(23(29)26-15-19-11-8-12-20(25)14-19)17(2)13-21(27-24)28(3)16-18-9-6-5-7-10-18/h5-14H,4,15-16H2,1-3H3,(H,26,29). The van der Waals surface area contributed by atoms with Crippen LogP contribution < -0.4 is 10.2 Å². The Morgan fingerprint density at radius 1 is 1.10 bits per heavy atom. The fourth-order valence-corrected chi connectivity index (χ4v) is 4.03. The van der Waals surface area contributed by atoms with Crippen molar-refractivity contribution in [1.29, 1.82) is 0 Å². The van der Waals surface area contributed by atoms with Crippen LogP contribution in [0, 0.1) is 12.7 Å². The maximum absolute atomic E-state index is 13.4. The van der Waals surface area contributed by atoms with Crippen molar-refractivity contribution in [2.75, 3.05) is 17.7 Å². The lowest BCUT2D eigenvalue weighted by atomic mass is 10.1. The minimum atomic E-state index is -0.312. The Morgan fingerprint density at radius 3 is 2.53 bits per heavy atom. The van der Waals surface area contributed by atoms with Gasteiger partial charge >= 0.3 is 0 Å². The molecule has 0 atom stereocenters. The fourth-order valence-electron chi connectivity index (χ4n) is 3.20. The number of aromatic nitrogens is 1. The maximum atomic E-state index is 13.4. The molecular weight excluding hydrogens is 397 g/mol. The van der Waals surface area contributed by atoms with Crippen LogP contribution in [0.2, 0.25) is 0 Å². The second-order valence-corrected chi connectivity index (χ2v) is 8.32. The highest BCUT2D eigenvalue weighted by molar-refractivity contribution is 7.99. The summed E-state index contributed by atoms with van der Waals surface area (Å²) in [6.45, 7) is 4.96. The third-order valence-electron chi connectivity index (χ3n) is 4.67. The smallest absolute Gasteiger partial charge is 0.254 e. The van der Waals surface area contributed by atoms with Crippen molar-refractivity contribution in [2.24, 2.45) is 0 Å². The van der Waals surface area contributed by atoms with Crippen LogP contribution >= 0.6 is 11.8 Å². The van der Waals surface area contributed by atoms with E-state index in [9.17, 15) is 9.18 Å². The van der Waals surface area contributed by atoms with Crippen LogP contribution in [0.25, 0.3) is 0 Å². The monoisotopic (exact) mass is 423 g/mol. The summed E-state index contributed by atoms with van der Waals surface area (Å²) in [5.41, 5.74) is 3.36. The largest absolute Gasteiger partial charge is 0.355 e. The van der Waals surface area contributed by atoms with Gasteiger partial charge in [-0.05, 0) is 47.6 Å². The Bertz CT molecular complexity index is 1010. The average Bonchev–Trinajstić information content (AvgIpc) is 2.73. The summed E-state index contributed by atoms with van der Waals surface area (Å²) in [6.07, 6.45) is 0. The molecule has 1 heterocycles. The number of amides is 1. The van der Waals surface area contributed by atoms with Gasteiger partial charge in [0.25, 0.3) is 5.91 Å². The SMILES string of the molecule is CCSc1nc(N(C)Cc2ccccc2)cc(C)c1C(=O)NCc1cccc(F)c1. The molecule has 2 aromatic carbocycles. The van der Waals surface area contributed by atoms with Crippen LogP contribution in [0.4, 0.5) is 10.2 Å². The van der Waals surface area contributed by atoms with E-state index in [-0.39, 0.29) is 18.3 Å². The molecule has 3 aromatic rings. The number of rotatable bonds is 8. The van der Waals surface area contributed by atoms with Gasteiger partial charge in [-0.25, -0.2) is 9.37 Å². The average molecular weight is 424 g/mol. The number of benzene rings is 2. The topological polar surface area (TPSA) is 45.2 Å². The minimum Gasteiger partial charge on any atom is -0.355 e. The van der Waals surface area contributed by atoms with Gasteiger partial charge in [0.15, 0.2) is 0 Å². The first-order valence-electron chi connectivity index (χ1n) is 9.90. The number of thioether (sulfide) groups is 1. The lowest BCUT2D eigenvalue weighted by Gasteiger charge is -2.21. The fraction of sp³-hybridized carbons (Fsp3) is 0.250. The van der Waals surface area contributed by atoms with E-state index in [0.29, 0.717) is 10.6 Å². The summed E-state index contributed by atoms with van der Waals surface area (Å²) in [5, 5.41) is 3.61. The normalized spacial score (nSPS) is 10.7. The van der Waals surface area contributed by atoms with Gasteiger partial charge in [0.05, 0.1) is 5.56 Å². The molecule has 0 radical (unpaired) electrons. The van der Waals surface area contributed by atoms with E-state index in [0.717, 1.165) is 29.2 Å². The maximum Gasteiger partial charge on any atom is 0.254 e. The molecule has 6 heteroatoms. The molecule has 0 aliphatic carbocycles. The van der Waals surface area contributed by atoms with Crippen LogP contribution in [-0.4, -0.2) is 23.7 Å². The number of aryl methyl sites for hydroxylation is 1. The van der Waals surface area contributed by atoms with Gasteiger partial charge in [-0.1, -0.05) is 49.4 Å². The highest BCUT2D eigenvalue weighted by Crippen LogP contribution is 2.28. The molecule has 156 valence electrons. The number of anilines is 1. The summed E-state index contributed by atoms with van der Waals surface area (Å²) in [4.78, 5) is 19.8. The zero-order valence-corrected chi connectivity index (χ0v) is 18.3. The first-order chi connectivity index (χ1) is 14.5. The van der Waals surface area contributed by atoms with Gasteiger partial charge in [0.1, 0.15) is 16.7 Å². The molecule has 0 bridgehead atoms. The number of pyridine rings is 1. The van der Waals surface area contributed by atoms with Crippen LogP contribution in [-0.2, 0) is 13.1 Å². The molecule has 4 nitrogen and oxygen atoms in total. The summed E-state index contributed by atoms with van der Waals surface area (Å²) in [6, 6.07) is 18.4. The number of carbonyl (C=O) groups excluding carboxylic acids is 1. The van der Waals surface area contributed by atoms with Crippen molar-refractivity contribution >= 4 is 23.5 Å². The Hall–Kier alpha value is -2.86. The van der Waals surface area contributed by atoms with Crippen molar-refractivity contribution in [3.05, 3.63) is 88.7 Å². The second-order valence-electron chi connectivity index (χ2n) is 7.06. The van der Waals surface area contributed by atoms with Gasteiger partial charge < -0.3 is 10.2 Å². The molecule has 3 rings (SSSR count). The van der Waals surface area contributed by atoms with Crippen molar-refractivity contribution in [1.82, 2.24) is 10.3 Å². The van der Waals surface area contributed by atoms with E-state index in [1.54, 1.807) is 23.9 Å². The highest BCUT2D eigenvalue weighted by Gasteiger charge is 2.19. The van der Waals surface area contributed by atoms with Gasteiger partial charge in [-0.2, -0.15) is 0 Å². The lowest BCUT2D eigenvalue weighted by molar-refractivity contribution is 0.0946. The Labute approximate surface area is 181 Å². The van der Waals surface area contributed by atoms with E-state index in [4.69, 9.17) is 4.98 Å². The molecule has 1 N–H and O–H groups in total. The molecule has 0 unspecified atom stereocenters. The highest BCUT2D eigenvalue weighted by atomic mass is 32.2. The summed E-state index contributed by atoms with van der Waals surface area (Å²) in [5.74, 6) is 1.13. The van der Waals surface area contributed by atoms with Gasteiger partial charge in [0.2, 0.25) is 0 Å². The molecular formula is C24H26FN3OS. The Kier molecular flexibility index (Phi) is 7.46. The van der Waals surface area contributed by atoms with Crippen LogP contribution in [0.3, 0.4) is 0 Å². The predicted molar refractivity (Wildman–Crippen MR) is 121 cm³/mol. The molecule has 0 saturated carbocycles. The van der Waals surface area contributed by atoms with Crippen molar-refractivity contribution in [2.45, 2.75) is 32.0 Å². The molecule has 1 aromatic heterocycles. The molecule has 1 amide bonds. The second kappa shape index (κ2) is 10.3. The number of nitrogens with zero attached hydrogens (tertiary/aromatic N) is 2. The number of hydrogen-bond acceptors (Lipinski definition) is 4. The third-order valence-corrected chi connectivity index (χ3v) is 5.53. The van der Waals surface area contributed by atoms with Crippen LogP contribution in [0.15, 0.2) is 65.7 Å². The predicted octanol–water partition coefficient (Wildman–Crippen LogP) is 5.21. The molecule has 0 aliphatic heterocycles. The van der Waals surface area contributed by atoms with E-state index in [1.165, 1.54) is 17.7 Å². The lowest BCUT2D eigenvalue weighted by Crippen LogP contribution is -2.26. The minimum absolute atomic E-state index is 0.197. The molecule has 0 aliphatic rings. The first kappa shape index (κ1) is 21.8. The van der Waals surface area contributed by atoms with E-state index in [1.807, 2.05) is 45.2 Å².